The number of hydrogen-bond donors (Lipinski definition) is 0. The van der Waals surface area contributed by atoms with E-state index < -0.39 is 0 Å². The van der Waals surface area contributed by atoms with Crippen LogP contribution in [0.3, 0.4) is 0 Å². The van der Waals surface area contributed by atoms with E-state index in [1.807, 2.05) is 0 Å². The summed E-state index contributed by atoms with van der Waals surface area (Å²) >= 11 is 0. The zero-order valence-corrected chi connectivity index (χ0v) is 16.1. The van der Waals surface area contributed by atoms with Crippen LogP contribution in [0.1, 0.15) is 5.56 Å². The predicted molar refractivity (Wildman–Crippen MR) is 86.2 cm³/mol. The molecular formula is C12H19Cl3PZr-. The molecule has 0 fully saturated rings. The van der Waals surface area contributed by atoms with E-state index in [0.717, 1.165) is 8.58 Å². The van der Waals surface area contributed by atoms with E-state index in [1.165, 1.54) is 16.3 Å². The van der Waals surface area contributed by atoms with Crippen molar-refractivity contribution in [2.75, 3.05) is 13.3 Å². The monoisotopic (exact) mass is 389 g/mol. The summed E-state index contributed by atoms with van der Waals surface area (Å²) < 4.78 is 0. The molecule has 0 bridgehead atoms. The molecule has 0 N–H and O–H groups in total. The standard InChI is InChI=1S/C10H9.C2H7P.3ClH.Zr/c1-8-6-9-4-2-3-5-10(9)7-8;1-3-2;;;;/h2-7H,1H3;3H,1-2H3;3*1H;/q-1;;;;;. The van der Waals surface area contributed by atoms with Gasteiger partial charge in [0.15, 0.2) is 0 Å². The van der Waals surface area contributed by atoms with Gasteiger partial charge in [-0.1, -0.05) is 13.0 Å². The van der Waals surface area contributed by atoms with Crippen molar-refractivity contribution in [3.63, 3.8) is 0 Å². The molecule has 5 heteroatoms. The average molecular weight is 392 g/mol. The van der Waals surface area contributed by atoms with Crippen molar-refractivity contribution < 1.29 is 26.2 Å². The molecule has 0 saturated heterocycles. The number of aryl methyl sites for hydroxylation is 1. The second kappa shape index (κ2) is 15.1. The van der Waals surface area contributed by atoms with Gasteiger partial charge >= 0.3 is 0 Å². The van der Waals surface area contributed by atoms with E-state index in [2.05, 4.69) is 56.7 Å². The Hall–Kier alpha value is 1.01. The Labute approximate surface area is 144 Å². The quantitative estimate of drug-likeness (QED) is 0.435. The molecule has 0 saturated carbocycles. The minimum Gasteiger partial charge on any atom is -0.165 e. The maximum Gasteiger partial charge on any atom is 0 e. The molecule has 0 nitrogen and oxygen atoms in total. The molecule has 0 spiro atoms. The van der Waals surface area contributed by atoms with Gasteiger partial charge < -0.3 is 0 Å². The van der Waals surface area contributed by atoms with Crippen LogP contribution in [-0.2, 0) is 26.2 Å². The Morgan fingerprint density at radius 3 is 1.94 bits per heavy atom. The molecule has 2 rings (SSSR count). The first-order valence-electron chi connectivity index (χ1n) is 4.48. The maximum absolute atomic E-state index is 2.20. The van der Waals surface area contributed by atoms with Crippen LogP contribution in [0.5, 0.6) is 0 Å². The van der Waals surface area contributed by atoms with Crippen molar-refractivity contribution >= 4 is 56.6 Å². The molecule has 0 heterocycles. The Morgan fingerprint density at radius 1 is 1.00 bits per heavy atom. The minimum absolute atomic E-state index is 0. The first-order chi connectivity index (χ1) is 6.27. The van der Waals surface area contributed by atoms with Crippen molar-refractivity contribution in [2.45, 2.75) is 6.92 Å². The molecule has 0 aliphatic heterocycles. The minimum atomic E-state index is 0. The maximum atomic E-state index is 2.20. The SMILES string of the molecule is CPC.Cc1cc2ccccc2[cH-]1.Cl.Cl.Cl.[Zr]. The number of hydrogen-bond acceptors (Lipinski definition) is 0. The van der Waals surface area contributed by atoms with Crippen LogP contribution in [0.15, 0.2) is 36.4 Å². The molecule has 0 aliphatic carbocycles. The predicted octanol–water partition coefficient (Wildman–Crippen LogP) is 5.05. The third-order valence-electron chi connectivity index (χ3n) is 1.76. The summed E-state index contributed by atoms with van der Waals surface area (Å²) in [6.07, 6.45) is 0. The second-order valence-electron chi connectivity index (χ2n) is 3.16. The van der Waals surface area contributed by atoms with E-state index in [1.54, 1.807) is 0 Å². The van der Waals surface area contributed by atoms with E-state index in [0.29, 0.717) is 0 Å². The molecule has 0 aliphatic rings. The van der Waals surface area contributed by atoms with Crippen LogP contribution in [0.25, 0.3) is 10.8 Å². The van der Waals surface area contributed by atoms with Gasteiger partial charge in [-0.2, -0.15) is 6.07 Å². The second-order valence-corrected chi connectivity index (χ2v) is 4.16. The molecule has 0 amide bonds. The summed E-state index contributed by atoms with van der Waals surface area (Å²) in [5.74, 6) is 0. The van der Waals surface area contributed by atoms with Crippen LogP contribution in [0.4, 0.5) is 0 Å². The van der Waals surface area contributed by atoms with Crippen molar-refractivity contribution in [2.24, 2.45) is 0 Å². The Bertz CT molecular complexity index is 344. The topological polar surface area (TPSA) is 0 Å². The normalized spacial score (nSPS) is 7.24. The molecule has 2 aromatic rings. The number of benzene rings is 1. The van der Waals surface area contributed by atoms with Crippen molar-refractivity contribution in [1.82, 2.24) is 0 Å². The van der Waals surface area contributed by atoms with Gasteiger partial charge in [0, 0.05) is 26.2 Å². The zero-order valence-electron chi connectivity index (χ0n) is 10.2. The van der Waals surface area contributed by atoms with Gasteiger partial charge in [0.1, 0.15) is 0 Å². The Kier molecular flexibility index (Phi) is 23.5. The average Bonchev–Trinajstić information content (AvgIpc) is 2.45. The van der Waals surface area contributed by atoms with Crippen molar-refractivity contribution in [3.8, 4) is 0 Å². The third-order valence-corrected chi connectivity index (χ3v) is 1.76. The van der Waals surface area contributed by atoms with Crippen LogP contribution < -0.4 is 0 Å². The van der Waals surface area contributed by atoms with Gasteiger partial charge in [-0.15, -0.1) is 86.4 Å². The van der Waals surface area contributed by atoms with Gasteiger partial charge in [-0.25, -0.2) is 0 Å². The molecule has 98 valence electrons. The summed E-state index contributed by atoms with van der Waals surface area (Å²) in [5.41, 5.74) is 1.35. The van der Waals surface area contributed by atoms with E-state index in [4.69, 9.17) is 0 Å². The summed E-state index contributed by atoms with van der Waals surface area (Å²) in [6, 6.07) is 12.8. The fraction of sp³-hybridized carbons (Fsp3) is 0.250. The van der Waals surface area contributed by atoms with E-state index >= 15 is 0 Å². The molecule has 0 aromatic heterocycles. The van der Waals surface area contributed by atoms with Crippen molar-refractivity contribution in [1.29, 1.82) is 0 Å². The largest absolute Gasteiger partial charge is 0.165 e. The number of fused-ring (bicyclic) bond motifs is 1. The van der Waals surface area contributed by atoms with E-state index in [9.17, 15) is 0 Å². The van der Waals surface area contributed by atoms with Gasteiger partial charge in [-0.3, -0.25) is 0 Å². The Balaban J connectivity index is -0.000000111. The first-order valence-corrected chi connectivity index (χ1v) is 6.48. The van der Waals surface area contributed by atoms with Crippen LogP contribution >= 0.6 is 45.8 Å². The smallest absolute Gasteiger partial charge is 0 e. The first kappa shape index (κ1) is 26.6. The van der Waals surface area contributed by atoms with Gasteiger partial charge in [0.05, 0.1) is 0 Å². The van der Waals surface area contributed by atoms with Crippen LogP contribution in [0.2, 0.25) is 0 Å². The molecule has 0 atom stereocenters. The molecule has 17 heavy (non-hydrogen) atoms. The van der Waals surface area contributed by atoms with Crippen LogP contribution in [0, 0.1) is 6.92 Å². The van der Waals surface area contributed by atoms with Gasteiger partial charge in [0.25, 0.3) is 0 Å². The van der Waals surface area contributed by atoms with Gasteiger partial charge in [-0.05, 0) is 13.3 Å². The fourth-order valence-corrected chi connectivity index (χ4v) is 1.31. The van der Waals surface area contributed by atoms with Crippen LogP contribution in [-0.4, -0.2) is 13.3 Å². The summed E-state index contributed by atoms with van der Waals surface area (Å²) in [5, 5.41) is 2.69. The molecule has 2 aromatic carbocycles. The summed E-state index contributed by atoms with van der Waals surface area (Å²) in [4.78, 5) is 0. The van der Waals surface area contributed by atoms with E-state index in [-0.39, 0.29) is 63.4 Å². The third kappa shape index (κ3) is 9.57. The zero-order chi connectivity index (χ0) is 9.68. The Morgan fingerprint density at radius 2 is 1.47 bits per heavy atom. The molecule has 0 unspecified atom stereocenters. The molecular weight excluding hydrogens is 373 g/mol. The summed E-state index contributed by atoms with van der Waals surface area (Å²) in [7, 11) is 1.08. The van der Waals surface area contributed by atoms with Gasteiger partial charge in [0.2, 0.25) is 0 Å². The molecule has 0 radical (unpaired) electrons. The fourth-order valence-electron chi connectivity index (χ4n) is 1.31. The summed E-state index contributed by atoms with van der Waals surface area (Å²) in [6.45, 7) is 6.43. The number of rotatable bonds is 0. The number of halogens is 3. The van der Waals surface area contributed by atoms with Crippen molar-refractivity contribution in [3.05, 3.63) is 42.0 Å².